The Hall–Kier alpha value is -0.960. The van der Waals surface area contributed by atoms with E-state index in [2.05, 4.69) is 24.3 Å². The van der Waals surface area contributed by atoms with Crippen molar-refractivity contribution in [2.75, 3.05) is 12.9 Å². The van der Waals surface area contributed by atoms with E-state index in [-0.39, 0.29) is 11.4 Å². The van der Waals surface area contributed by atoms with Gasteiger partial charge in [-0.3, -0.25) is 4.79 Å². The summed E-state index contributed by atoms with van der Waals surface area (Å²) in [5.41, 5.74) is 0.774. The number of rotatable bonds is 4. The van der Waals surface area contributed by atoms with E-state index in [9.17, 15) is 4.79 Å². The minimum Gasteiger partial charge on any atom is -0.465 e. The first-order valence-corrected chi connectivity index (χ1v) is 6.77. The van der Waals surface area contributed by atoms with Gasteiger partial charge in [-0.15, -0.1) is 11.8 Å². The fourth-order valence-electron chi connectivity index (χ4n) is 1.91. The predicted octanol–water partition coefficient (Wildman–Crippen LogP) is 3.00. The summed E-state index contributed by atoms with van der Waals surface area (Å²) in [6.45, 7) is 2.31. The van der Waals surface area contributed by atoms with Crippen molar-refractivity contribution in [1.82, 2.24) is 0 Å². The van der Waals surface area contributed by atoms with Gasteiger partial charge in [0, 0.05) is 4.90 Å². The van der Waals surface area contributed by atoms with Crippen molar-refractivity contribution in [3.8, 4) is 0 Å². The van der Waals surface area contributed by atoms with Crippen LogP contribution >= 0.6 is 11.8 Å². The second kappa shape index (κ2) is 4.50. The number of thioether (sulfide) groups is 1. The van der Waals surface area contributed by atoms with E-state index in [1.165, 1.54) is 4.90 Å². The summed E-state index contributed by atoms with van der Waals surface area (Å²) in [6, 6.07) is 8.24. The van der Waals surface area contributed by atoms with Crippen LogP contribution in [0, 0.1) is 0 Å². The highest BCUT2D eigenvalue weighted by molar-refractivity contribution is 7.98. The van der Waals surface area contributed by atoms with Crippen LogP contribution in [-0.4, -0.2) is 18.8 Å². The van der Waals surface area contributed by atoms with Crippen LogP contribution in [0.3, 0.4) is 0 Å². The standard InChI is InChI=1S/C13H16O2S/c1-3-15-12(14)13(8-9-13)10-4-6-11(16-2)7-5-10/h4-7H,3,8-9H2,1-2H3. The molecule has 16 heavy (non-hydrogen) atoms. The topological polar surface area (TPSA) is 26.3 Å². The Labute approximate surface area is 100 Å². The molecule has 0 aliphatic heterocycles. The maximum absolute atomic E-state index is 11.9. The predicted molar refractivity (Wildman–Crippen MR) is 65.8 cm³/mol. The Morgan fingerprint density at radius 3 is 2.44 bits per heavy atom. The molecule has 0 spiro atoms. The zero-order valence-electron chi connectivity index (χ0n) is 9.66. The Kier molecular flexibility index (Phi) is 3.24. The highest BCUT2D eigenvalue weighted by atomic mass is 32.2. The van der Waals surface area contributed by atoms with Gasteiger partial charge in [-0.1, -0.05) is 12.1 Å². The largest absolute Gasteiger partial charge is 0.465 e. The minimum atomic E-state index is -0.326. The molecular weight excluding hydrogens is 220 g/mol. The molecule has 1 fully saturated rings. The summed E-state index contributed by atoms with van der Waals surface area (Å²) in [7, 11) is 0. The van der Waals surface area contributed by atoms with Crippen molar-refractivity contribution >= 4 is 17.7 Å². The Balaban J connectivity index is 2.19. The van der Waals surface area contributed by atoms with Gasteiger partial charge in [-0.2, -0.15) is 0 Å². The Morgan fingerprint density at radius 1 is 1.38 bits per heavy atom. The summed E-state index contributed by atoms with van der Waals surface area (Å²) in [4.78, 5) is 13.1. The van der Waals surface area contributed by atoms with Crippen molar-refractivity contribution < 1.29 is 9.53 Å². The molecule has 3 heteroatoms. The van der Waals surface area contributed by atoms with Crippen LogP contribution in [0.4, 0.5) is 0 Å². The zero-order valence-corrected chi connectivity index (χ0v) is 10.5. The van der Waals surface area contributed by atoms with E-state index in [1.807, 2.05) is 13.2 Å². The van der Waals surface area contributed by atoms with E-state index in [1.54, 1.807) is 11.8 Å². The summed E-state index contributed by atoms with van der Waals surface area (Å²) in [5.74, 6) is -0.0631. The normalized spacial score (nSPS) is 16.9. The Morgan fingerprint density at radius 2 is 2.00 bits per heavy atom. The van der Waals surface area contributed by atoms with Crippen LogP contribution in [-0.2, 0) is 14.9 Å². The lowest BCUT2D eigenvalue weighted by Crippen LogP contribution is -2.23. The van der Waals surface area contributed by atoms with Crippen molar-refractivity contribution in [3.05, 3.63) is 29.8 Å². The number of esters is 1. The Bertz CT molecular complexity index is 379. The van der Waals surface area contributed by atoms with Crippen LogP contribution in [0.5, 0.6) is 0 Å². The highest BCUT2D eigenvalue weighted by Gasteiger charge is 2.52. The van der Waals surface area contributed by atoms with E-state index < -0.39 is 0 Å². The van der Waals surface area contributed by atoms with Gasteiger partial charge in [0.2, 0.25) is 0 Å². The second-order valence-corrected chi connectivity index (χ2v) is 4.91. The molecule has 0 heterocycles. The first-order valence-electron chi connectivity index (χ1n) is 5.54. The first-order chi connectivity index (χ1) is 7.73. The van der Waals surface area contributed by atoms with Gasteiger partial charge in [-0.05, 0) is 43.7 Å². The lowest BCUT2D eigenvalue weighted by molar-refractivity contribution is -0.146. The first kappa shape index (κ1) is 11.5. The van der Waals surface area contributed by atoms with E-state index in [0.29, 0.717) is 6.61 Å². The molecule has 2 nitrogen and oxygen atoms in total. The fourth-order valence-corrected chi connectivity index (χ4v) is 2.32. The van der Waals surface area contributed by atoms with Crippen molar-refractivity contribution in [1.29, 1.82) is 0 Å². The number of hydrogen-bond donors (Lipinski definition) is 0. The molecule has 0 saturated heterocycles. The van der Waals surface area contributed by atoms with Gasteiger partial charge in [0.25, 0.3) is 0 Å². The molecule has 1 aliphatic carbocycles. The molecular formula is C13H16O2S. The maximum atomic E-state index is 11.9. The number of hydrogen-bond acceptors (Lipinski definition) is 3. The molecule has 1 aliphatic rings. The SMILES string of the molecule is CCOC(=O)C1(c2ccc(SC)cc2)CC1. The smallest absolute Gasteiger partial charge is 0.316 e. The van der Waals surface area contributed by atoms with Crippen LogP contribution in [0.1, 0.15) is 25.3 Å². The van der Waals surface area contributed by atoms with Crippen molar-refractivity contribution in [2.24, 2.45) is 0 Å². The van der Waals surface area contributed by atoms with Gasteiger partial charge in [0.05, 0.1) is 12.0 Å². The van der Waals surface area contributed by atoms with E-state index in [4.69, 9.17) is 4.74 Å². The average molecular weight is 236 g/mol. The fraction of sp³-hybridized carbons (Fsp3) is 0.462. The minimum absolute atomic E-state index is 0.0631. The van der Waals surface area contributed by atoms with Crippen LogP contribution in [0.2, 0.25) is 0 Å². The molecule has 1 aromatic carbocycles. The lowest BCUT2D eigenvalue weighted by atomic mass is 9.96. The molecule has 1 aromatic rings. The summed E-state index contributed by atoms with van der Waals surface area (Å²) < 4.78 is 5.14. The van der Waals surface area contributed by atoms with Crippen LogP contribution in [0.25, 0.3) is 0 Å². The molecule has 0 amide bonds. The summed E-state index contributed by atoms with van der Waals surface area (Å²) in [5, 5.41) is 0. The maximum Gasteiger partial charge on any atom is 0.316 e. The third-order valence-corrected chi connectivity index (χ3v) is 3.80. The molecule has 0 bridgehead atoms. The van der Waals surface area contributed by atoms with Gasteiger partial charge in [-0.25, -0.2) is 0 Å². The van der Waals surface area contributed by atoms with E-state index >= 15 is 0 Å². The number of benzene rings is 1. The van der Waals surface area contributed by atoms with Crippen molar-refractivity contribution in [2.45, 2.75) is 30.1 Å². The second-order valence-electron chi connectivity index (χ2n) is 4.03. The quantitative estimate of drug-likeness (QED) is 0.594. The van der Waals surface area contributed by atoms with E-state index in [0.717, 1.165) is 18.4 Å². The van der Waals surface area contributed by atoms with Crippen molar-refractivity contribution in [3.63, 3.8) is 0 Å². The average Bonchev–Trinajstić information content (AvgIpc) is 3.11. The third-order valence-electron chi connectivity index (χ3n) is 3.06. The zero-order chi connectivity index (χ0) is 11.6. The van der Waals surface area contributed by atoms with Gasteiger partial charge in [0.15, 0.2) is 0 Å². The molecule has 1 saturated carbocycles. The lowest BCUT2D eigenvalue weighted by Gasteiger charge is -2.14. The van der Waals surface area contributed by atoms with Crippen LogP contribution < -0.4 is 0 Å². The number of carbonyl (C=O) groups is 1. The molecule has 0 unspecified atom stereocenters. The third kappa shape index (κ3) is 1.96. The molecule has 0 radical (unpaired) electrons. The number of carbonyl (C=O) groups excluding carboxylic acids is 1. The molecule has 2 rings (SSSR count). The molecule has 0 atom stereocenters. The van der Waals surface area contributed by atoms with Gasteiger partial charge >= 0.3 is 5.97 Å². The van der Waals surface area contributed by atoms with Crippen LogP contribution in [0.15, 0.2) is 29.2 Å². The van der Waals surface area contributed by atoms with Gasteiger partial charge < -0.3 is 4.74 Å². The molecule has 86 valence electrons. The molecule has 0 N–H and O–H groups in total. The highest BCUT2D eigenvalue weighted by Crippen LogP contribution is 2.49. The number of ether oxygens (including phenoxy) is 1. The summed E-state index contributed by atoms with van der Waals surface area (Å²) in [6.07, 6.45) is 3.89. The molecule has 0 aromatic heterocycles. The van der Waals surface area contributed by atoms with Gasteiger partial charge in [0.1, 0.15) is 0 Å². The summed E-state index contributed by atoms with van der Waals surface area (Å²) >= 11 is 1.71. The monoisotopic (exact) mass is 236 g/mol.